The van der Waals surface area contributed by atoms with E-state index < -0.39 is 29.6 Å². The SMILES string of the molecule is FC(F)(F)Oc1ccc(Br)c2nc(C(F)(F)F)[nH]c12. The molecule has 1 aromatic carbocycles. The fraction of sp³-hybridized carbons (Fsp3) is 0.222. The lowest BCUT2D eigenvalue weighted by atomic mass is 10.3. The summed E-state index contributed by atoms with van der Waals surface area (Å²) >= 11 is 2.90. The highest BCUT2D eigenvalue weighted by Gasteiger charge is 2.37. The Hall–Kier alpha value is -1.45. The molecule has 0 amide bonds. The molecule has 1 N–H and O–H groups in total. The average molecular weight is 349 g/mol. The Balaban J connectivity index is 2.61. The van der Waals surface area contributed by atoms with Crippen molar-refractivity contribution in [2.45, 2.75) is 12.5 Å². The normalized spacial score (nSPS) is 13.0. The molecule has 0 aliphatic heterocycles. The van der Waals surface area contributed by atoms with Crippen molar-refractivity contribution >= 4 is 27.0 Å². The molecule has 0 saturated carbocycles. The third-order valence-corrected chi connectivity index (χ3v) is 2.69. The van der Waals surface area contributed by atoms with Crippen molar-refractivity contribution in [1.29, 1.82) is 0 Å². The Labute approximate surface area is 109 Å². The molecule has 0 unspecified atom stereocenters. The van der Waals surface area contributed by atoms with Gasteiger partial charge in [-0.25, -0.2) is 4.98 Å². The number of imidazole rings is 1. The number of halogens is 7. The van der Waals surface area contributed by atoms with Gasteiger partial charge in [-0.2, -0.15) is 13.2 Å². The molecule has 0 saturated heterocycles. The van der Waals surface area contributed by atoms with Crippen molar-refractivity contribution in [1.82, 2.24) is 9.97 Å². The number of hydrogen-bond acceptors (Lipinski definition) is 2. The van der Waals surface area contributed by atoms with Crippen LogP contribution >= 0.6 is 15.9 Å². The van der Waals surface area contributed by atoms with Gasteiger partial charge in [0, 0.05) is 4.47 Å². The van der Waals surface area contributed by atoms with Gasteiger partial charge in [-0.3, -0.25) is 0 Å². The molecule has 0 fully saturated rings. The third-order valence-electron chi connectivity index (χ3n) is 2.05. The van der Waals surface area contributed by atoms with Crippen LogP contribution in [-0.4, -0.2) is 16.3 Å². The van der Waals surface area contributed by atoms with E-state index in [0.717, 1.165) is 12.1 Å². The number of fused-ring (bicyclic) bond motifs is 1. The lowest BCUT2D eigenvalue weighted by Gasteiger charge is -2.09. The van der Waals surface area contributed by atoms with E-state index in [9.17, 15) is 26.3 Å². The van der Waals surface area contributed by atoms with Crippen molar-refractivity contribution in [3.63, 3.8) is 0 Å². The minimum atomic E-state index is -5.01. The lowest BCUT2D eigenvalue weighted by Crippen LogP contribution is -2.17. The second-order valence-corrected chi connectivity index (χ2v) is 4.25. The predicted octanol–water partition coefficient (Wildman–Crippen LogP) is 4.24. The van der Waals surface area contributed by atoms with Crippen molar-refractivity contribution < 1.29 is 31.1 Å². The van der Waals surface area contributed by atoms with Gasteiger partial charge in [0.2, 0.25) is 5.82 Å². The van der Waals surface area contributed by atoms with E-state index in [1.807, 2.05) is 0 Å². The molecule has 3 nitrogen and oxygen atoms in total. The maximum atomic E-state index is 12.5. The van der Waals surface area contributed by atoms with E-state index in [4.69, 9.17) is 0 Å². The largest absolute Gasteiger partial charge is 0.573 e. The molecule has 0 bridgehead atoms. The van der Waals surface area contributed by atoms with Gasteiger partial charge in [0.05, 0.1) is 0 Å². The Morgan fingerprint density at radius 2 is 1.74 bits per heavy atom. The first-order valence-corrected chi connectivity index (χ1v) is 5.38. The summed E-state index contributed by atoms with van der Waals surface area (Å²) in [6.45, 7) is 0. The standard InChI is InChI=1S/C9H3BrF6N2O/c10-3-1-2-4(19-9(14,15)16)6-5(3)17-7(18-6)8(11,12)13/h1-2H,(H,17,18). The summed E-state index contributed by atoms with van der Waals surface area (Å²) in [7, 11) is 0. The molecule has 0 radical (unpaired) electrons. The lowest BCUT2D eigenvalue weighted by molar-refractivity contribution is -0.274. The summed E-state index contributed by atoms with van der Waals surface area (Å²) in [5.41, 5.74) is -0.784. The van der Waals surface area contributed by atoms with Gasteiger partial charge in [-0.15, -0.1) is 13.2 Å². The van der Waals surface area contributed by atoms with Crippen LogP contribution in [0.3, 0.4) is 0 Å². The summed E-state index contributed by atoms with van der Waals surface area (Å²) in [5.74, 6) is -2.19. The summed E-state index contributed by atoms with van der Waals surface area (Å²) in [6, 6.07) is 2.00. The fourth-order valence-corrected chi connectivity index (χ4v) is 1.80. The smallest absolute Gasteiger partial charge is 0.403 e. The number of rotatable bonds is 1. The molecule has 1 aromatic heterocycles. The molecule has 2 aromatic rings. The second kappa shape index (κ2) is 4.29. The highest BCUT2D eigenvalue weighted by molar-refractivity contribution is 9.10. The van der Waals surface area contributed by atoms with E-state index in [1.165, 1.54) is 0 Å². The van der Waals surface area contributed by atoms with Crippen LogP contribution in [0.15, 0.2) is 16.6 Å². The van der Waals surface area contributed by atoms with Gasteiger partial charge in [-0.05, 0) is 28.1 Å². The predicted molar refractivity (Wildman–Crippen MR) is 55.5 cm³/mol. The van der Waals surface area contributed by atoms with E-state index in [0.29, 0.717) is 0 Å². The van der Waals surface area contributed by atoms with Crippen molar-refractivity contribution in [2.24, 2.45) is 0 Å². The van der Waals surface area contributed by atoms with Gasteiger partial charge >= 0.3 is 12.5 Å². The number of H-pyrrole nitrogens is 1. The van der Waals surface area contributed by atoms with Gasteiger partial charge in [-0.1, -0.05) is 0 Å². The Morgan fingerprint density at radius 1 is 1.11 bits per heavy atom. The van der Waals surface area contributed by atoms with Crippen LogP contribution < -0.4 is 4.74 Å². The molecule has 0 aliphatic carbocycles. The van der Waals surface area contributed by atoms with E-state index in [-0.39, 0.29) is 9.99 Å². The molecule has 0 spiro atoms. The first-order chi connectivity index (χ1) is 8.58. The monoisotopic (exact) mass is 348 g/mol. The Bertz CT molecular complexity index is 617. The van der Waals surface area contributed by atoms with Crippen LogP contribution in [0.4, 0.5) is 26.3 Å². The van der Waals surface area contributed by atoms with E-state index in [1.54, 1.807) is 4.98 Å². The zero-order chi connectivity index (χ0) is 14.4. The average Bonchev–Trinajstić information content (AvgIpc) is 2.65. The summed E-state index contributed by atoms with van der Waals surface area (Å²) in [4.78, 5) is 4.98. The number of hydrogen-bond donors (Lipinski definition) is 1. The number of aromatic amines is 1. The van der Waals surface area contributed by atoms with Gasteiger partial charge < -0.3 is 9.72 Å². The van der Waals surface area contributed by atoms with Crippen LogP contribution in [0.1, 0.15) is 5.82 Å². The maximum absolute atomic E-state index is 12.5. The van der Waals surface area contributed by atoms with E-state index in [2.05, 4.69) is 25.7 Å². The highest BCUT2D eigenvalue weighted by atomic mass is 79.9. The number of nitrogens with one attached hydrogen (secondary N) is 1. The zero-order valence-electron chi connectivity index (χ0n) is 8.66. The number of alkyl halides is 6. The van der Waals surface area contributed by atoms with Crippen molar-refractivity contribution in [3.8, 4) is 5.75 Å². The quantitative estimate of drug-likeness (QED) is 0.782. The van der Waals surface area contributed by atoms with E-state index >= 15 is 0 Å². The summed E-state index contributed by atoms with van der Waals surface area (Å²) < 4.78 is 77.5. The molecule has 0 atom stereocenters. The fourth-order valence-electron chi connectivity index (χ4n) is 1.38. The Kier molecular flexibility index (Phi) is 3.15. The highest BCUT2D eigenvalue weighted by Crippen LogP contribution is 2.36. The Morgan fingerprint density at radius 3 is 2.26 bits per heavy atom. The first kappa shape index (κ1) is 14.0. The molecule has 0 aliphatic rings. The molecular formula is C9H3BrF6N2O. The summed E-state index contributed by atoms with van der Waals surface area (Å²) in [5, 5.41) is 0. The zero-order valence-corrected chi connectivity index (χ0v) is 10.2. The van der Waals surface area contributed by atoms with Crippen LogP contribution in [0.5, 0.6) is 5.75 Å². The maximum Gasteiger partial charge on any atom is 0.573 e. The van der Waals surface area contributed by atoms with Gasteiger partial charge in [0.1, 0.15) is 11.0 Å². The minimum Gasteiger partial charge on any atom is -0.403 e. The number of ether oxygens (including phenoxy) is 1. The van der Waals surface area contributed by atoms with Crippen LogP contribution in [0.25, 0.3) is 11.0 Å². The topological polar surface area (TPSA) is 37.9 Å². The van der Waals surface area contributed by atoms with Gasteiger partial charge in [0.15, 0.2) is 5.75 Å². The molecule has 1 heterocycles. The third kappa shape index (κ3) is 2.94. The minimum absolute atomic E-state index is 0.115. The molecule has 19 heavy (non-hydrogen) atoms. The molecule has 2 rings (SSSR count). The first-order valence-electron chi connectivity index (χ1n) is 4.59. The molecule has 104 valence electrons. The second-order valence-electron chi connectivity index (χ2n) is 3.40. The molecular weight excluding hydrogens is 346 g/mol. The van der Waals surface area contributed by atoms with Crippen molar-refractivity contribution in [3.05, 3.63) is 22.4 Å². The number of nitrogens with zero attached hydrogens (tertiary/aromatic N) is 1. The van der Waals surface area contributed by atoms with Crippen molar-refractivity contribution in [2.75, 3.05) is 0 Å². The van der Waals surface area contributed by atoms with Crippen LogP contribution in [0.2, 0.25) is 0 Å². The number of benzene rings is 1. The van der Waals surface area contributed by atoms with Crippen LogP contribution in [-0.2, 0) is 6.18 Å². The molecule has 10 heteroatoms. The number of aromatic nitrogens is 2. The van der Waals surface area contributed by atoms with Crippen LogP contribution in [0, 0.1) is 0 Å². The summed E-state index contributed by atoms with van der Waals surface area (Å²) in [6.07, 6.45) is -9.81. The van der Waals surface area contributed by atoms with Gasteiger partial charge in [0.25, 0.3) is 0 Å².